The van der Waals surface area contributed by atoms with Crippen molar-refractivity contribution in [2.24, 2.45) is 11.3 Å². The second-order valence-electron chi connectivity index (χ2n) is 11.7. The Balaban J connectivity index is 1.16. The molecular formula is C31H41N3O4. The van der Waals surface area contributed by atoms with Crippen molar-refractivity contribution >= 4 is 17.9 Å². The molecule has 0 bridgehead atoms. The molecule has 0 unspecified atom stereocenters. The molecule has 38 heavy (non-hydrogen) atoms. The van der Waals surface area contributed by atoms with E-state index >= 15 is 0 Å². The molecule has 0 atom stereocenters. The number of benzene rings is 2. The van der Waals surface area contributed by atoms with Crippen LogP contribution in [0.3, 0.4) is 0 Å². The Labute approximate surface area is 226 Å². The minimum atomic E-state index is -0.301. The van der Waals surface area contributed by atoms with Crippen molar-refractivity contribution in [3.63, 3.8) is 0 Å². The molecule has 0 aliphatic carbocycles. The fourth-order valence-electron chi connectivity index (χ4n) is 5.37. The highest BCUT2D eigenvalue weighted by Gasteiger charge is 2.37. The number of rotatable bonds is 9. The zero-order chi connectivity index (χ0) is 27.1. The second-order valence-corrected chi connectivity index (χ2v) is 11.7. The molecule has 0 N–H and O–H groups in total. The van der Waals surface area contributed by atoms with Crippen LogP contribution in [0.2, 0.25) is 0 Å². The molecule has 3 amide bonds. The van der Waals surface area contributed by atoms with E-state index in [9.17, 15) is 14.4 Å². The highest BCUT2D eigenvalue weighted by atomic mass is 16.6. The van der Waals surface area contributed by atoms with Crippen LogP contribution < -0.4 is 4.74 Å². The van der Waals surface area contributed by atoms with Crippen molar-refractivity contribution < 1.29 is 19.1 Å². The number of carbonyl (C=O) groups excluding carboxylic acids is 3. The molecule has 0 saturated carbocycles. The van der Waals surface area contributed by atoms with Crippen LogP contribution in [-0.4, -0.2) is 65.8 Å². The first-order valence-electron chi connectivity index (χ1n) is 13.8. The molecular weight excluding hydrogens is 478 g/mol. The van der Waals surface area contributed by atoms with Crippen molar-refractivity contribution in [1.29, 1.82) is 0 Å². The number of carbonyl (C=O) groups is 3. The molecule has 2 aromatic rings. The predicted octanol–water partition coefficient (Wildman–Crippen LogP) is 5.14. The van der Waals surface area contributed by atoms with Gasteiger partial charge in [-0.15, -0.1) is 0 Å². The molecule has 0 spiro atoms. The van der Waals surface area contributed by atoms with Crippen LogP contribution in [0.15, 0.2) is 54.6 Å². The van der Waals surface area contributed by atoms with Crippen LogP contribution >= 0.6 is 0 Å². The number of imide groups is 1. The van der Waals surface area contributed by atoms with Gasteiger partial charge < -0.3 is 14.5 Å². The smallest absolute Gasteiger partial charge is 0.410 e. The van der Waals surface area contributed by atoms with E-state index in [-0.39, 0.29) is 23.3 Å². The number of amides is 3. The SMILES string of the molecule is CN(CCC1CCN(C(=O)Oc2ccc(CCN3C(=O)CC(C)(C)CC3=O)cc2)CC1)Cc1ccccc1. The van der Waals surface area contributed by atoms with Gasteiger partial charge in [-0.2, -0.15) is 0 Å². The van der Waals surface area contributed by atoms with Crippen LogP contribution in [0.1, 0.15) is 57.1 Å². The Morgan fingerprint density at radius 1 is 0.947 bits per heavy atom. The molecule has 0 aromatic heterocycles. The molecule has 7 heteroatoms. The first kappa shape index (κ1) is 27.8. The number of ether oxygens (including phenoxy) is 1. The van der Waals surface area contributed by atoms with E-state index in [2.05, 4.69) is 36.2 Å². The maximum Gasteiger partial charge on any atom is 0.415 e. The third-order valence-corrected chi connectivity index (χ3v) is 7.70. The minimum absolute atomic E-state index is 0.0974. The lowest BCUT2D eigenvalue weighted by molar-refractivity contribution is -0.152. The summed E-state index contributed by atoms with van der Waals surface area (Å²) >= 11 is 0. The summed E-state index contributed by atoms with van der Waals surface area (Å²) in [5.41, 5.74) is 2.07. The lowest BCUT2D eigenvalue weighted by Gasteiger charge is -2.34. The summed E-state index contributed by atoms with van der Waals surface area (Å²) in [6.45, 7) is 7.73. The van der Waals surface area contributed by atoms with Crippen molar-refractivity contribution in [1.82, 2.24) is 14.7 Å². The number of hydrogen-bond donors (Lipinski definition) is 0. The lowest BCUT2D eigenvalue weighted by Crippen LogP contribution is -2.46. The Morgan fingerprint density at radius 2 is 1.58 bits per heavy atom. The van der Waals surface area contributed by atoms with E-state index in [1.807, 2.05) is 32.0 Å². The van der Waals surface area contributed by atoms with Gasteiger partial charge >= 0.3 is 6.09 Å². The van der Waals surface area contributed by atoms with Gasteiger partial charge in [-0.05, 0) is 73.9 Å². The molecule has 0 radical (unpaired) electrons. The fourth-order valence-corrected chi connectivity index (χ4v) is 5.37. The zero-order valence-electron chi connectivity index (χ0n) is 23.0. The fraction of sp³-hybridized carbons (Fsp3) is 0.516. The largest absolute Gasteiger partial charge is 0.415 e. The monoisotopic (exact) mass is 519 g/mol. The first-order valence-corrected chi connectivity index (χ1v) is 13.8. The van der Waals surface area contributed by atoms with E-state index in [0.717, 1.165) is 51.0 Å². The van der Waals surface area contributed by atoms with Crippen LogP contribution in [0.25, 0.3) is 0 Å². The maximum atomic E-state index is 12.7. The topological polar surface area (TPSA) is 70.2 Å². The molecule has 7 nitrogen and oxygen atoms in total. The summed E-state index contributed by atoms with van der Waals surface area (Å²) in [5, 5.41) is 0. The third kappa shape index (κ3) is 7.90. The molecule has 2 aliphatic heterocycles. The van der Waals surface area contributed by atoms with Crippen LogP contribution in [0.5, 0.6) is 5.75 Å². The van der Waals surface area contributed by atoms with Crippen LogP contribution in [0, 0.1) is 11.3 Å². The first-order chi connectivity index (χ1) is 18.2. The van der Waals surface area contributed by atoms with Gasteiger partial charge in [0.25, 0.3) is 0 Å². The van der Waals surface area contributed by atoms with Crippen molar-refractivity contribution in [2.75, 3.05) is 33.2 Å². The Hall–Kier alpha value is -3.19. The quantitative estimate of drug-likeness (QED) is 0.429. The molecule has 2 aliphatic rings. The molecule has 4 rings (SSSR count). The standard InChI is InChI=1S/C31H41N3O4/c1-31(2)21-28(35)34(29(36)22-31)20-16-24-9-11-27(12-10-24)38-30(37)33-18-14-25(15-19-33)13-17-32(3)23-26-7-5-4-6-8-26/h4-12,25H,13-23H2,1-3H3. The Morgan fingerprint density at radius 3 is 2.21 bits per heavy atom. The summed E-state index contributed by atoms with van der Waals surface area (Å²) in [5.74, 6) is 0.941. The molecule has 204 valence electrons. The van der Waals surface area contributed by atoms with Gasteiger partial charge in [0.2, 0.25) is 11.8 Å². The number of nitrogens with zero attached hydrogens (tertiary/aromatic N) is 3. The summed E-state index contributed by atoms with van der Waals surface area (Å²) in [6, 6.07) is 17.9. The number of hydrogen-bond acceptors (Lipinski definition) is 5. The van der Waals surface area contributed by atoms with Gasteiger partial charge in [0.1, 0.15) is 5.75 Å². The van der Waals surface area contributed by atoms with Crippen LogP contribution in [0.4, 0.5) is 4.79 Å². The summed E-state index contributed by atoms with van der Waals surface area (Å²) in [4.78, 5) is 43.0. The van der Waals surface area contributed by atoms with E-state index in [0.29, 0.717) is 37.5 Å². The van der Waals surface area contributed by atoms with E-state index in [1.165, 1.54) is 10.5 Å². The number of likely N-dealkylation sites (tertiary alicyclic amines) is 2. The van der Waals surface area contributed by atoms with Crippen LogP contribution in [-0.2, 0) is 22.6 Å². The summed E-state index contributed by atoms with van der Waals surface area (Å²) < 4.78 is 5.62. The second kappa shape index (κ2) is 12.6. The van der Waals surface area contributed by atoms with Crippen molar-refractivity contribution in [3.05, 3.63) is 65.7 Å². The van der Waals surface area contributed by atoms with Gasteiger partial charge in [0, 0.05) is 39.0 Å². The summed E-state index contributed by atoms with van der Waals surface area (Å²) in [6.07, 6.45) is 4.22. The maximum absolute atomic E-state index is 12.7. The minimum Gasteiger partial charge on any atom is -0.410 e. The van der Waals surface area contributed by atoms with Gasteiger partial charge in [0.05, 0.1) is 0 Å². The Kier molecular flexibility index (Phi) is 9.21. The zero-order valence-corrected chi connectivity index (χ0v) is 23.0. The summed E-state index contributed by atoms with van der Waals surface area (Å²) in [7, 11) is 2.16. The van der Waals surface area contributed by atoms with Gasteiger partial charge in [-0.25, -0.2) is 4.79 Å². The van der Waals surface area contributed by atoms with E-state index in [1.54, 1.807) is 17.0 Å². The highest BCUT2D eigenvalue weighted by Crippen LogP contribution is 2.31. The predicted molar refractivity (Wildman–Crippen MR) is 148 cm³/mol. The van der Waals surface area contributed by atoms with Gasteiger partial charge in [-0.3, -0.25) is 14.5 Å². The van der Waals surface area contributed by atoms with E-state index < -0.39 is 0 Å². The lowest BCUT2D eigenvalue weighted by atomic mass is 9.81. The average Bonchev–Trinajstić information content (AvgIpc) is 2.88. The highest BCUT2D eigenvalue weighted by molar-refractivity contribution is 5.98. The van der Waals surface area contributed by atoms with Gasteiger partial charge in [-0.1, -0.05) is 56.3 Å². The average molecular weight is 520 g/mol. The van der Waals surface area contributed by atoms with Crippen molar-refractivity contribution in [3.8, 4) is 5.75 Å². The molecule has 2 fully saturated rings. The van der Waals surface area contributed by atoms with Gasteiger partial charge in [0.15, 0.2) is 0 Å². The molecule has 2 aromatic carbocycles. The normalized spacial score (nSPS) is 18.2. The Bertz CT molecular complexity index is 1070. The van der Waals surface area contributed by atoms with E-state index in [4.69, 9.17) is 4.74 Å². The van der Waals surface area contributed by atoms with Crippen molar-refractivity contribution in [2.45, 2.75) is 58.9 Å². The number of piperidine rings is 2. The molecule has 2 heterocycles. The third-order valence-electron chi connectivity index (χ3n) is 7.70. The molecule has 2 saturated heterocycles.